The van der Waals surface area contributed by atoms with Crippen LogP contribution in [0.25, 0.3) is 16.9 Å². The Morgan fingerprint density at radius 3 is 3.00 bits per heavy atom. The average Bonchev–Trinajstić information content (AvgIpc) is 2.87. The summed E-state index contributed by atoms with van der Waals surface area (Å²) in [5, 5.41) is 9.41. The Kier molecular flexibility index (Phi) is 2.32. The summed E-state index contributed by atoms with van der Waals surface area (Å²) in [6.45, 7) is 0. The van der Waals surface area contributed by atoms with E-state index in [1.165, 1.54) is 4.57 Å². The van der Waals surface area contributed by atoms with Crippen molar-refractivity contribution in [1.29, 1.82) is 5.26 Å². The largest absolute Gasteiger partial charge is 0.399 e. The van der Waals surface area contributed by atoms with E-state index in [4.69, 9.17) is 11.0 Å². The summed E-state index contributed by atoms with van der Waals surface area (Å²) in [5.74, 6) is 0.309. The maximum Gasteiger partial charge on any atom is 0.260 e. The van der Waals surface area contributed by atoms with Gasteiger partial charge in [0.2, 0.25) is 5.95 Å². The van der Waals surface area contributed by atoms with Crippen molar-refractivity contribution in [2.75, 3.05) is 5.73 Å². The molecule has 0 radical (unpaired) electrons. The van der Waals surface area contributed by atoms with Gasteiger partial charge in [-0.15, -0.1) is 0 Å². The van der Waals surface area contributed by atoms with Gasteiger partial charge >= 0.3 is 0 Å². The summed E-state index contributed by atoms with van der Waals surface area (Å²) in [6.07, 6.45) is 1.67. The zero-order valence-corrected chi connectivity index (χ0v) is 9.79. The molecular formula is C13H9N5O. The van der Waals surface area contributed by atoms with Crippen LogP contribution in [-0.2, 0) is 0 Å². The molecule has 2 aromatic heterocycles. The number of anilines is 1. The van der Waals surface area contributed by atoms with Crippen LogP contribution >= 0.6 is 0 Å². The Labute approximate surface area is 107 Å². The van der Waals surface area contributed by atoms with E-state index in [0.29, 0.717) is 28.2 Å². The lowest BCUT2D eigenvalue weighted by atomic mass is 10.2. The van der Waals surface area contributed by atoms with Crippen molar-refractivity contribution >= 4 is 16.6 Å². The molecule has 2 heterocycles. The fourth-order valence-electron chi connectivity index (χ4n) is 1.91. The Morgan fingerprint density at radius 2 is 2.21 bits per heavy atom. The minimum absolute atomic E-state index is 0.287. The first-order valence-corrected chi connectivity index (χ1v) is 5.56. The number of nitrogens with two attached hydrogens (primary N) is 1. The minimum Gasteiger partial charge on any atom is -0.399 e. The van der Waals surface area contributed by atoms with Crippen LogP contribution in [0.3, 0.4) is 0 Å². The van der Waals surface area contributed by atoms with Crippen molar-refractivity contribution in [1.82, 2.24) is 14.5 Å². The quantitative estimate of drug-likeness (QED) is 0.634. The van der Waals surface area contributed by atoms with E-state index in [1.807, 2.05) is 6.07 Å². The first-order chi connectivity index (χ1) is 9.19. The maximum absolute atomic E-state index is 12.0. The Hall–Kier alpha value is -3.07. The van der Waals surface area contributed by atoms with Crippen molar-refractivity contribution in [2.24, 2.45) is 0 Å². The Balaban J connectivity index is 2.31. The first-order valence-electron chi connectivity index (χ1n) is 5.56. The van der Waals surface area contributed by atoms with Crippen molar-refractivity contribution < 1.29 is 0 Å². The number of nitrogens with zero attached hydrogens (tertiary/aromatic N) is 3. The van der Waals surface area contributed by atoms with Crippen molar-refractivity contribution in [3.05, 3.63) is 52.6 Å². The third-order valence-electron chi connectivity index (χ3n) is 2.81. The van der Waals surface area contributed by atoms with Crippen LogP contribution in [0.2, 0.25) is 0 Å². The third-order valence-corrected chi connectivity index (χ3v) is 2.81. The number of fused-ring (bicyclic) bond motifs is 1. The molecule has 3 N–H and O–H groups in total. The topological polar surface area (TPSA) is 100 Å². The van der Waals surface area contributed by atoms with E-state index in [-0.39, 0.29) is 5.56 Å². The van der Waals surface area contributed by atoms with E-state index >= 15 is 0 Å². The molecule has 6 heteroatoms. The summed E-state index contributed by atoms with van der Waals surface area (Å²) >= 11 is 0. The molecule has 19 heavy (non-hydrogen) atoms. The second kappa shape index (κ2) is 3.99. The number of nitrogens with one attached hydrogen (secondary N) is 1. The lowest BCUT2D eigenvalue weighted by molar-refractivity contribution is 0.925. The summed E-state index contributed by atoms with van der Waals surface area (Å²) in [4.78, 5) is 19.0. The molecule has 0 aliphatic heterocycles. The molecule has 0 bridgehead atoms. The number of rotatable bonds is 1. The van der Waals surface area contributed by atoms with E-state index < -0.39 is 0 Å². The summed E-state index contributed by atoms with van der Waals surface area (Å²) in [5.41, 5.74) is 6.79. The van der Waals surface area contributed by atoms with Crippen LogP contribution in [0.4, 0.5) is 5.69 Å². The monoisotopic (exact) mass is 251 g/mol. The van der Waals surface area contributed by atoms with Crippen LogP contribution < -0.4 is 11.3 Å². The highest BCUT2D eigenvalue weighted by atomic mass is 16.1. The highest BCUT2D eigenvalue weighted by molar-refractivity contribution is 5.81. The van der Waals surface area contributed by atoms with Crippen LogP contribution in [0.15, 0.2) is 41.3 Å². The lowest BCUT2D eigenvalue weighted by Gasteiger charge is -2.05. The molecule has 0 saturated carbocycles. The lowest BCUT2D eigenvalue weighted by Crippen LogP contribution is -2.14. The molecule has 0 aliphatic rings. The van der Waals surface area contributed by atoms with Gasteiger partial charge in [0, 0.05) is 11.9 Å². The van der Waals surface area contributed by atoms with E-state index in [0.717, 1.165) is 0 Å². The van der Waals surface area contributed by atoms with Gasteiger partial charge in [0.05, 0.1) is 10.9 Å². The number of H-pyrrole nitrogens is 1. The summed E-state index contributed by atoms with van der Waals surface area (Å²) in [6, 6.07) is 10.3. The van der Waals surface area contributed by atoms with Gasteiger partial charge in [-0.2, -0.15) is 5.26 Å². The first kappa shape index (κ1) is 11.0. The SMILES string of the molecule is N#Cc1cccn1-c1nc2ccc(N)cc2c(=O)[nH]1. The molecule has 1 aromatic carbocycles. The van der Waals surface area contributed by atoms with Crippen molar-refractivity contribution in [2.45, 2.75) is 0 Å². The number of hydrogen-bond donors (Lipinski definition) is 2. The molecule has 3 rings (SSSR count). The van der Waals surface area contributed by atoms with Gasteiger partial charge in [0.1, 0.15) is 11.8 Å². The molecular weight excluding hydrogens is 242 g/mol. The second-order valence-corrected chi connectivity index (χ2v) is 4.04. The van der Waals surface area contributed by atoms with Gasteiger partial charge in [-0.1, -0.05) is 0 Å². The number of aromatic nitrogens is 3. The van der Waals surface area contributed by atoms with Crippen LogP contribution in [0.1, 0.15) is 5.69 Å². The molecule has 0 aliphatic carbocycles. The smallest absolute Gasteiger partial charge is 0.260 e. The predicted molar refractivity (Wildman–Crippen MR) is 70.8 cm³/mol. The molecule has 0 atom stereocenters. The van der Waals surface area contributed by atoms with Crippen LogP contribution in [0.5, 0.6) is 0 Å². The number of hydrogen-bond acceptors (Lipinski definition) is 4. The van der Waals surface area contributed by atoms with Gasteiger partial charge in [-0.25, -0.2) is 4.98 Å². The zero-order valence-electron chi connectivity index (χ0n) is 9.79. The Morgan fingerprint density at radius 1 is 1.37 bits per heavy atom. The van der Waals surface area contributed by atoms with Crippen LogP contribution in [-0.4, -0.2) is 14.5 Å². The number of nitrogen functional groups attached to an aromatic ring is 1. The van der Waals surface area contributed by atoms with Crippen molar-refractivity contribution in [3.8, 4) is 12.0 Å². The van der Waals surface area contributed by atoms with Gasteiger partial charge in [-0.3, -0.25) is 14.3 Å². The molecule has 6 nitrogen and oxygen atoms in total. The maximum atomic E-state index is 12.0. The molecule has 0 fully saturated rings. The molecule has 0 spiro atoms. The van der Waals surface area contributed by atoms with Gasteiger partial charge in [0.15, 0.2) is 0 Å². The minimum atomic E-state index is -0.287. The number of aromatic amines is 1. The highest BCUT2D eigenvalue weighted by Crippen LogP contribution is 2.13. The molecule has 0 unspecified atom stereocenters. The van der Waals surface area contributed by atoms with E-state index in [2.05, 4.69) is 9.97 Å². The number of nitriles is 1. The van der Waals surface area contributed by atoms with Crippen LogP contribution in [0, 0.1) is 11.3 Å². The summed E-state index contributed by atoms with van der Waals surface area (Å²) < 4.78 is 1.52. The number of benzene rings is 1. The normalized spacial score (nSPS) is 10.5. The Bertz CT molecular complexity index is 869. The fraction of sp³-hybridized carbons (Fsp3) is 0. The highest BCUT2D eigenvalue weighted by Gasteiger charge is 2.08. The van der Waals surface area contributed by atoms with Gasteiger partial charge < -0.3 is 5.73 Å². The standard InChI is InChI=1S/C13H9N5O/c14-7-9-2-1-5-18(9)13-16-11-4-3-8(15)6-10(11)12(19)17-13/h1-6H,15H2,(H,16,17,19). The van der Waals surface area contributed by atoms with E-state index in [1.54, 1.807) is 36.5 Å². The molecule has 3 aromatic rings. The van der Waals surface area contributed by atoms with Gasteiger partial charge in [0.25, 0.3) is 5.56 Å². The molecule has 0 saturated heterocycles. The molecule has 92 valence electrons. The average molecular weight is 251 g/mol. The second-order valence-electron chi connectivity index (χ2n) is 4.04. The fourth-order valence-corrected chi connectivity index (χ4v) is 1.91. The molecule has 0 amide bonds. The summed E-state index contributed by atoms with van der Waals surface area (Å²) in [7, 11) is 0. The van der Waals surface area contributed by atoms with E-state index in [9.17, 15) is 4.79 Å². The van der Waals surface area contributed by atoms with Crippen molar-refractivity contribution in [3.63, 3.8) is 0 Å². The predicted octanol–water partition coefficient (Wildman–Crippen LogP) is 1.17. The zero-order chi connectivity index (χ0) is 13.4. The third kappa shape index (κ3) is 1.73. The van der Waals surface area contributed by atoms with Gasteiger partial charge in [-0.05, 0) is 30.3 Å².